The molecule has 1 aromatic carbocycles. The van der Waals surface area contributed by atoms with Crippen molar-refractivity contribution in [1.82, 2.24) is 13.9 Å². The van der Waals surface area contributed by atoms with Gasteiger partial charge in [-0.25, -0.2) is 4.79 Å². The minimum absolute atomic E-state index is 0.0719. The largest absolute Gasteiger partial charge is 0.465 e. The number of nitrogens with zero attached hydrogens (tertiary/aromatic N) is 2. The van der Waals surface area contributed by atoms with Crippen LogP contribution in [0.25, 0.3) is 0 Å². The van der Waals surface area contributed by atoms with Crippen molar-refractivity contribution in [2.45, 2.75) is 69.2 Å². The number of carbonyl (C=O) groups is 1. The molecule has 2 fully saturated rings. The predicted molar refractivity (Wildman–Crippen MR) is 115 cm³/mol. The number of benzene rings is 1. The molecule has 8 nitrogen and oxygen atoms in total. The van der Waals surface area contributed by atoms with Crippen molar-refractivity contribution in [3.63, 3.8) is 0 Å². The Labute approximate surface area is 179 Å². The van der Waals surface area contributed by atoms with Crippen LogP contribution in [0, 0.1) is 0 Å². The molecule has 2 aliphatic rings. The maximum atomic E-state index is 12.3. The summed E-state index contributed by atoms with van der Waals surface area (Å²) < 4.78 is 34.5. The molecular weight excluding hydrogens is 406 g/mol. The number of ether oxygens (including phenoxy) is 1. The molecule has 3 rings (SSSR count). The monoisotopic (exact) mass is 439 g/mol. The number of carboxylic acid groups (broad SMARTS) is 1. The van der Waals surface area contributed by atoms with E-state index in [0.29, 0.717) is 12.3 Å². The van der Waals surface area contributed by atoms with E-state index in [9.17, 15) is 18.3 Å². The van der Waals surface area contributed by atoms with Crippen molar-refractivity contribution < 1.29 is 23.1 Å². The van der Waals surface area contributed by atoms with Crippen molar-refractivity contribution >= 4 is 16.3 Å². The zero-order chi connectivity index (χ0) is 21.9. The Morgan fingerprint density at radius 1 is 1.20 bits per heavy atom. The van der Waals surface area contributed by atoms with E-state index in [-0.39, 0.29) is 18.8 Å². The third kappa shape index (κ3) is 5.32. The predicted octanol–water partition coefficient (Wildman–Crippen LogP) is 2.63. The molecule has 1 aromatic rings. The minimum Gasteiger partial charge on any atom is -0.465 e. The van der Waals surface area contributed by atoms with Crippen LogP contribution in [0.5, 0.6) is 0 Å². The number of amides is 1. The van der Waals surface area contributed by atoms with Crippen LogP contribution in [0.1, 0.15) is 50.5 Å². The number of rotatable bonds is 7. The Morgan fingerprint density at radius 2 is 1.83 bits per heavy atom. The van der Waals surface area contributed by atoms with Gasteiger partial charge in [-0.3, -0.25) is 4.90 Å². The summed E-state index contributed by atoms with van der Waals surface area (Å²) >= 11 is 0. The molecule has 1 saturated heterocycles. The van der Waals surface area contributed by atoms with Gasteiger partial charge in [0.2, 0.25) is 0 Å². The van der Waals surface area contributed by atoms with Crippen LogP contribution in [0.4, 0.5) is 4.79 Å². The Bertz CT molecular complexity index is 809. The zero-order valence-corrected chi connectivity index (χ0v) is 18.7. The summed E-state index contributed by atoms with van der Waals surface area (Å²) in [6, 6.07) is 9.15. The highest BCUT2D eigenvalue weighted by atomic mass is 32.2. The highest BCUT2D eigenvalue weighted by Gasteiger charge is 2.44. The molecule has 1 heterocycles. The molecule has 0 bridgehead atoms. The quantitative estimate of drug-likeness (QED) is 0.680. The van der Waals surface area contributed by atoms with Crippen LogP contribution >= 0.6 is 0 Å². The van der Waals surface area contributed by atoms with E-state index in [1.807, 2.05) is 6.07 Å². The molecule has 2 N–H and O–H groups in total. The maximum Gasteiger partial charge on any atom is 0.407 e. The smallest absolute Gasteiger partial charge is 0.407 e. The van der Waals surface area contributed by atoms with Gasteiger partial charge in [0, 0.05) is 26.2 Å². The first-order chi connectivity index (χ1) is 14.2. The molecule has 0 unspecified atom stereocenters. The van der Waals surface area contributed by atoms with Gasteiger partial charge in [0.1, 0.15) is 0 Å². The lowest BCUT2D eigenvalue weighted by molar-refractivity contribution is -0.00707. The highest BCUT2D eigenvalue weighted by molar-refractivity contribution is 7.87. The Balaban J connectivity index is 1.60. The van der Waals surface area contributed by atoms with Gasteiger partial charge < -0.3 is 9.84 Å². The van der Waals surface area contributed by atoms with Gasteiger partial charge in [-0.2, -0.15) is 17.4 Å². The van der Waals surface area contributed by atoms with Crippen molar-refractivity contribution in [2.24, 2.45) is 0 Å². The van der Waals surface area contributed by atoms with Gasteiger partial charge in [-0.05, 0) is 50.5 Å². The molecule has 1 saturated carbocycles. The lowest BCUT2D eigenvalue weighted by Gasteiger charge is -2.33. The first-order valence-corrected chi connectivity index (χ1v) is 12.0. The van der Waals surface area contributed by atoms with Crippen LogP contribution < -0.4 is 4.72 Å². The van der Waals surface area contributed by atoms with Crippen LogP contribution in [0.15, 0.2) is 30.3 Å². The Kier molecular flexibility index (Phi) is 7.38. The highest BCUT2D eigenvalue weighted by Crippen LogP contribution is 2.34. The molecule has 0 radical (unpaired) electrons. The number of hydrogen-bond donors (Lipinski definition) is 2. The van der Waals surface area contributed by atoms with Gasteiger partial charge in [-0.15, -0.1) is 0 Å². The first kappa shape index (κ1) is 23.0. The van der Waals surface area contributed by atoms with E-state index in [0.717, 1.165) is 30.0 Å². The summed E-state index contributed by atoms with van der Waals surface area (Å²) in [6.07, 6.45) is 3.36. The van der Waals surface area contributed by atoms with Crippen molar-refractivity contribution in [3.05, 3.63) is 35.9 Å². The second kappa shape index (κ2) is 9.64. The Hall–Kier alpha value is -1.68. The average Bonchev–Trinajstić information content (AvgIpc) is 3.01. The summed E-state index contributed by atoms with van der Waals surface area (Å²) in [4.78, 5) is 13.1. The van der Waals surface area contributed by atoms with E-state index in [2.05, 4.69) is 29.0 Å². The molecule has 9 heteroatoms. The molecule has 1 aliphatic heterocycles. The van der Waals surface area contributed by atoms with E-state index < -0.39 is 28.4 Å². The summed E-state index contributed by atoms with van der Waals surface area (Å²) in [5, 5.41) is 9.66. The fraction of sp³-hybridized carbons (Fsp3) is 0.667. The molecule has 30 heavy (non-hydrogen) atoms. The lowest BCUT2D eigenvalue weighted by atomic mass is 9.83. The van der Waals surface area contributed by atoms with Crippen LogP contribution in [-0.4, -0.2) is 73.8 Å². The fourth-order valence-electron chi connectivity index (χ4n) is 4.63. The second-order valence-electron chi connectivity index (χ2n) is 8.57. The third-order valence-corrected chi connectivity index (χ3v) is 7.90. The van der Waals surface area contributed by atoms with Gasteiger partial charge in [0.25, 0.3) is 10.2 Å². The second-order valence-corrected chi connectivity index (χ2v) is 10.5. The molecule has 168 valence electrons. The summed E-state index contributed by atoms with van der Waals surface area (Å²) in [5.74, 6) is 0.535. The Morgan fingerprint density at radius 3 is 2.40 bits per heavy atom. The number of hydrogen-bond acceptors (Lipinski definition) is 4. The molecule has 0 aromatic heterocycles. The minimum atomic E-state index is -3.66. The van der Waals surface area contributed by atoms with Crippen LogP contribution in [0.2, 0.25) is 0 Å². The van der Waals surface area contributed by atoms with Gasteiger partial charge in [0.05, 0.1) is 18.8 Å². The topological polar surface area (TPSA) is 99.2 Å². The van der Waals surface area contributed by atoms with Crippen LogP contribution in [0.3, 0.4) is 0 Å². The first-order valence-electron chi connectivity index (χ1n) is 10.6. The summed E-state index contributed by atoms with van der Waals surface area (Å²) in [5.41, 5.74) is 1.36. The van der Waals surface area contributed by atoms with Crippen molar-refractivity contribution in [1.29, 1.82) is 0 Å². The molecular formula is C21H33N3O5S. The van der Waals surface area contributed by atoms with E-state index in [1.165, 1.54) is 24.6 Å². The standard InChI is InChI=1S/C21H33N3O5S/c1-15-13-19(22-30(27,28)23(2)3)20(24(15)21(25)26)14-29-18-11-9-17(10-12-18)16-7-5-4-6-8-16/h4-8,15,17-20,22H,9-14H2,1-3H3,(H,25,26)/t15-,17?,18?,19+,20+/m1/s1. The van der Waals surface area contributed by atoms with Gasteiger partial charge in [0.15, 0.2) is 0 Å². The number of likely N-dealkylation sites (tertiary alicyclic amines) is 1. The third-order valence-electron chi connectivity index (χ3n) is 6.34. The van der Waals surface area contributed by atoms with E-state index in [4.69, 9.17) is 4.74 Å². The van der Waals surface area contributed by atoms with Gasteiger partial charge in [-0.1, -0.05) is 30.3 Å². The maximum absolute atomic E-state index is 12.3. The normalized spacial score (nSPS) is 30.0. The SMILES string of the molecule is C[C@@H]1C[C@H](NS(=O)(=O)N(C)C)[C@H](COC2CCC(c3ccccc3)CC2)N1C(=O)O. The van der Waals surface area contributed by atoms with E-state index >= 15 is 0 Å². The summed E-state index contributed by atoms with van der Waals surface area (Å²) in [6.45, 7) is 1.99. The van der Waals surface area contributed by atoms with Gasteiger partial charge >= 0.3 is 6.09 Å². The summed E-state index contributed by atoms with van der Waals surface area (Å²) in [7, 11) is -0.758. The average molecular weight is 440 g/mol. The van der Waals surface area contributed by atoms with Crippen molar-refractivity contribution in [3.8, 4) is 0 Å². The molecule has 3 atom stereocenters. The van der Waals surface area contributed by atoms with Crippen molar-refractivity contribution in [2.75, 3.05) is 20.7 Å². The zero-order valence-electron chi connectivity index (χ0n) is 17.9. The van der Waals surface area contributed by atoms with E-state index in [1.54, 1.807) is 6.92 Å². The lowest BCUT2D eigenvalue weighted by Crippen LogP contribution is -2.52. The molecule has 1 amide bonds. The fourth-order valence-corrected chi connectivity index (χ4v) is 5.48. The molecule has 0 spiro atoms. The number of nitrogens with one attached hydrogen (secondary N) is 1. The molecule has 1 aliphatic carbocycles. The van der Waals surface area contributed by atoms with Crippen LogP contribution in [-0.2, 0) is 14.9 Å².